The van der Waals surface area contributed by atoms with Crippen LogP contribution in [0.25, 0.3) is 22.3 Å². The zero-order chi connectivity index (χ0) is 22.5. The molecule has 0 N–H and O–H groups in total. The molecule has 1 aliphatic carbocycles. The number of pyridine rings is 2. The summed E-state index contributed by atoms with van der Waals surface area (Å²) in [6.45, 7) is 9.76. The Kier molecular flexibility index (Phi) is 3.73. The summed E-state index contributed by atoms with van der Waals surface area (Å²) < 4.78 is 21.8. The third-order valence-corrected chi connectivity index (χ3v) is 7.78. The Morgan fingerprint density at radius 2 is 1.94 bits per heavy atom. The maximum absolute atomic E-state index is 14.7. The van der Waals surface area contributed by atoms with Gasteiger partial charge in [0.05, 0.1) is 29.0 Å². The minimum atomic E-state index is -1.09. The standard InChI is InChI=1S/C26H23FN2O3/c1-12(2)26(4)18-8-21-23-16(10-29(21)24(30)17(18)11-32-25(26)31)15-7-5-6-14-13(3)19(27)9-20(28-23)22(14)15/h8-9H,1,5-7,10-11H2,2-4H3/t26-/m1/s1. The number of rotatable bonds is 1. The predicted molar refractivity (Wildman–Crippen MR) is 119 cm³/mol. The SMILES string of the molecule is C=C(C)[C@@]1(C)C(=O)OCc2c1cc1n(c2=O)Cc2c-1nc1cc(F)c(C)c3c1c2CCC3. The molecule has 32 heavy (non-hydrogen) atoms. The number of hydrogen-bond acceptors (Lipinski definition) is 4. The summed E-state index contributed by atoms with van der Waals surface area (Å²) >= 11 is 0. The maximum Gasteiger partial charge on any atom is 0.320 e. The van der Waals surface area contributed by atoms with E-state index in [1.807, 2.05) is 13.0 Å². The zero-order valence-electron chi connectivity index (χ0n) is 18.4. The average molecular weight is 430 g/mol. The summed E-state index contributed by atoms with van der Waals surface area (Å²) in [5.41, 5.74) is 6.46. The average Bonchev–Trinajstić information content (AvgIpc) is 3.14. The molecule has 0 spiro atoms. The Bertz CT molecular complexity index is 1480. The molecule has 0 bridgehead atoms. The van der Waals surface area contributed by atoms with Crippen molar-refractivity contribution in [2.75, 3.05) is 0 Å². The van der Waals surface area contributed by atoms with Gasteiger partial charge in [0.1, 0.15) is 17.8 Å². The van der Waals surface area contributed by atoms with E-state index < -0.39 is 11.4 Å². The van der Waals surface area contributed by atoms with Crippen molar-refractivity contribution >= 4 is 16.9 Å². The van der Waals surface area contributed by atoms with Crippen molar-refractivity contribution in [1.29, 1.82) is 0 Å². The molecule has 0 amide bonds. The lowest BCUT2D eigenvalue weighted by molar-refractivity contribution is -0.151. The van der Waals surface area contributed by atoms with Crippen LogP contribution in [0.1, 0.15) is 53.6 Å². The number of aromatic nitrogens is 2. The molecule has 0 fully saturated rings. The fraction of sp³-hybridized carbons (Fsp3) is 0.346. The molecule has 6 rings (SSSR count). The summed E-state index contributed by atoms with van der Waals surface area (Å²) in [5.74, 6) is -0.643. The summed E-state index contributed by atoms with van der Waals surface area (Å²) in [6.07, 6.45) is 2.67. The number of hydrogen-bond donors (Lipinski definition) is 0. The number of ether oxygens (including phenoxy) is 1. The van der Waals surface area contributed by atoms with Crippen molar-refractivity contribution in [3.63, 3.8) is 0 Å². The molecule has 0 radical (unpaired) electrons. The van der Waals surface area contributed by atoms with E-state index in [2.05, 4.69) is 6.58 Å². The van der Waals surface area contributed by atoms with Crippen molar-refractivity contribution in [2.24, 2.45) is 0 Å². The van der Waals surface area contributed by atoms with Gasteiger partial charge in [0.15, 0.2) is 0 Å². The first-order valence-corrected chi connectivity index (χ1v) is 11.0. The number of carbonyl (C=O) groups excluding carboxylic acids is 1. The fourth-order valence-electron chi connectivity index (χ4n) is 5.69. The molecule has 1 atom stereocenters. The minimum absolute atomic E-state index is 0.0384. The molecule has 4 heterocycles. The Hall–Kier alpha value is -3.28. The van der Waals surface area contributed by atoms with E-state index in [0.717, 1.165) is 35.8 Å². The highest BCUT2D eigenvalue weighted by atomic mass is 19.1. The van der Waals surface area contributed by atoms with Crippen molar-refractivity contribution < 1.29 is 13.9 Å². The largest absolute Gasteiger partial charge is 0.460 e. The van der Waals surface area contributed by atoms with E-state index >= 15 is 0 Å². The summed E-state index contributed by atoms with van der Waals surface area (Å²) in [4.78, 5) is 31.1. The zero-order valence-corrected chi connectivity index (χ0v) is 18.4. The van der Waals surface area contributed by atoms with Gasteiger partial charge in [-0.05, 0) is 68.4 Å². The Balaban J connectivity index is 1.69. The summed E-state index contributed by atoms with van der Waals surface area (Å²) in [7, 11) is 0. The number of carbonyl (C=O) groups is 1. The summed E-state index contributed by atoms with van der Waals surface area (Å²) in [6, 6.07) is 3.41. The first kappa shape index (κ1) is 19.4. The number of halogens is 1. The van der Waals surface area contributed by atoms with Gasteiger partial charge in [-0.3, -0.25) is 9.59 Å². The monoisotopic (exact) mass is 430 g/mol. The van der Waals surface area contributed by atoms with E-state index in [-0.39, 0.29) is 18.0 Å². The fourth-order valence-corrected chi connectivity index (χ4v) is 5.69. The first-order valence-electron chi connectivity index (χ1n) is 11.0. The highest BCUT2D eigenvalue weighted by Gasteiger charge is 2.45. The molecule has 0 saturated heterocycles. The number of esters is 1. The van der Waals surface area contributed by atoms with Gasteiger partial charge in [0.25, 0.3) is 5.56 Å². The lowest BCUT2D eigenvalue weighted by Gasteiger charge is -2.34. The molecule has 6 heteroatoms. The molecule has 0 saturated carbocycles. The van der Waals surface area contributed by atoms with E-state index in [1.165, 1.54) is 11.6 Å². The van der Waals surface area contributed by atoms with E-state index in [1.54, 1.807) is 18.4 Å². The van der Waals surface area contributed by atoms with E-state index in [0.29, 0.717) is 45.7 Å². The smallest absolute Gasteiger partial charge is 0.320 e. The topological polar surface area (TPSA) is 61.2 Å². The van der Waals surface area contributed by atoms with Gasteiger partial charge in [0.2, 0.25) is 0 Å². The molecule has 3 aliphatic rings. The van der Waals surface area contributed by atoms with Crippen molar-refractivity contribution in [3.05, 3.63) is 73.8 Å². The van der Waals surface area contributed by atoms with Crippen LogP contribution in [0.5, 0.6) is 0 Å². The first-order chi connectivity index (χ1) is 15.2. The molecule has 5 nitrogen and oxygen atoms in total. The third kappa shape index (κ3) is 2.20. The second-order valence-corrected chi connectivity index (χ2v) is 9.42. The van der Waals surface area contributed by atoms with Gasteiger partial charge in [-0.1, -0.05) is 12.2 Å². The molecule has 2 aromatic heterocycles. The van der Waals surface area contributed by atoms with Gasteiger partial charge >= 0.3 is 5.97 Å². The van der Waals surface area contributed by atoms with Crippen molar-refractivity contribution in [2.45, 2.75) is 58.6 Å². The lowest BCUT2D eigenvalue weighted by atomic mass is 9.74. The van der Waals surface area contributed by atoms with Crippen LogP contribution < -0.4 is 5.56 Å². The number of fused-ring (bicyclic) bond motifs is 5. The van der Waals surface area contributed by atoms with Crippen molar-refractivity contribution in [3.8, 4) is 11.4 Å². The molecule has 0 unspecified atom stereocenters. The molecule has 2 aliphatic heterocycles. The van der Waals surface area contributed by atoms with Crippen LogP contribution in [-0.4, -0.2) is 15.5 Å². The number of cyclic esters (lactones) is 1. The highest BCUT2D eigenvalue weighted by molar-refractivity contribution is 5.93. The van der Waals surface area contributed by atoms with Gasteiger partial charge in [-0.2, -0.15) is 0 Å². The number of nitrogens with zero attached hydrogens (tertiary/aromatic N) is 2. The maximum atomic E-state index is 14.7. The molecule has 1 aromatic carbocycles. The molecular weight excluding hydrogens is 407 g/mol. The predicted octanol–water partition coefficient (Wildman–Crippen LogP) is 4.25. The Labute approximate surface area is 184 Å². The van der Waals surface area contributed by atoms with Crippen LogP contribution in [0.3, 0.4) is 0 Å². The highest BCUT2D eigenvalue weighted by Crippen LogP contribution is 2.44. The molecular formula is C26H23FN2O3. The Morgan fingerprint density at radius 1 is 1.19 bits per heavy atom. The van der Waals surface area contributed by atoms with Gasteiger partial charge in [-0.15, -0.1) is 0 Å². The quantitative estimate of drug-likeness (QED) is 0.335. The van der Waals surface area contributed by atoms with Crippen LogP contribution in [-0.2, 0) is 40.9 Å². The second kappa shape index (κ2) is 6.15. The van der Waals surface area contributed by atoms with E-state index in [9.17, 15) is 14.0 Å². The van der Waals surface area contributed by atoms with Gasteiger partial charge in [0, 0.05) is 17.0 Å². The van der Waals surface area contributed by atoms with Gasteiger partial charge < -0.3 is 9.30 Å². The third-order valence-electron chi connectivity index (χ3n) is 7.78. The van der Waals surface area contributed by atoms with E-state index in [4.69, 9.17) is 9.72 Å². The van der Waals surface area contributed by atoms with Crippen molar-refractivity contribution in [1.82, 2.24) is 9.55 Å². The van der Waals surface area contributed by atoms with Crippen LogP contribution in [0.4, 0.5) is 4.39 Å². The van der Waals surface area contributed by atoms with Crippen LogP contribution in [0.15, 0.2) is 29.1 Å². The molecule has 3 aromatic rings. The minimum Gasteiger partial charge on any atom is -0.460 e. The Morgan fingerprint density at radius 3 is 2.69 bits per heavy atom. The molecule has 162 valence electrons. The number of benzene rings is 1. The number of aryl methyl sites for hydroxylation is 2. The summed E-state index contributed by atoms with van der Waals surface area (Å²) in [5, 5.41) is 1.05. The van der Waals surface area contributed by atoms with Gasteiger partial charge in [-0.25, -0.2) is 9.37 Å². The normalized spacial score (nSPS) is 20.6. The second-order valence-electron chi connectivity index (χ2n) is 9.42. The van der Waals surface area contributed by atoms with Crippen LogP contribution >= 0.6 is 0 Å². The lowest BCUT2D eigenvalue weighted by Crippen LogP contribution is -2.43. The van der Waals surface area contributed by atoms with Crippen LogP contribution in [0.2, 0.25) is 0 Å². The van der Waals surface area contributed by atoms with Crippen LogP contribution in [0, 0.1) is 12.7 Å².